The number of rotatable bonds is 4. The van der Waals surface area contributed by atoms with E-state index < -0.39 is 0 Å². The number of hydrogen-bond donors (Lipinski definition) is 1. The fourth-order valence-corrected chi connectivity index (χ4v) is 2.48. The number of hydrogen-bond acceptors (Lipinski definition) is 3. The number of halogens is 1. The van der Waals surface area contributed by atoms with E-state index in [0.717, 1.165) is 5.56 Å². The Hall–Kier alpha value is -1.56. The lowest BCUT2D eigenvalue weighted by atomic mass is 10.2. The first kappa shape index (κ1) is 12.9. The molecule has 1 N–H and O–H groups in total. The van der Waals surface area contributed by atoms with Crippen LogP contribution in [-0.4, -0.2) is 34.9 Å². The Bertz CT molecular complexity index is 450. The van der Waals surface area contributed by atoms with Gasteiger partial charge in [-0.3, -0.25) is 9.59 Å². The summed E-state index contributed by atoms with van der Waals surface area (Å²) in [6, 6.07) is 5.93. The Morgan fingerprint density at radius 3 is 2.72 bits per heavy atom. The smallest absolute Gasteiger partial charge is 0.239 e. The van der Waals surface area contributed by atoms with Crippen molar-refractivity contribution in [1.82, 2.24) is 10.2 Å². The van der Waals surface area contributed by atoms with E-state index in [0.29, 0.717) is 18.2 Å². The molecule has 1 aliphatic rings. The van der Waals surface area contributed by atoms with E-state index in [-0.39, 0.29) is 24.2 Å². The van der Waals surface area contributed by atoms with Crippen LogP contribution >= 0.6 is 11.8 Å². The third-order valence-electron chi connectivity index (χ3n) is 2.56. The molecule has 1 fully saturated rings. The molecule has 0 spiro atoms. The van der Waals surface area contributed by atoms with Crippen LogP contribution in [0.4, 0.5) is 4.39 Å². The number of benzene rings is 1. The summed E-state index contributed by atoms with van der Waals surface area (Å²) in [5, 5.41) is 2.70. The Kier molecular flexibility index (Phi) is 4.19. The highest BCUT2D eigenvalue weighted by molar-refractivity contribution is 8.00. The molecular weight excluding hydrogens is 255 g/mol. The largest absolute Gasteiger partial charge is 0.350 e. The standard InChI is InChI=1S/C12H13FN2O2S/c13-10-3-1-9(2-4-10)5-14-11(16)6-15-8-18-7-12(15)17/h1-4H,5-8H2,(H,14,16). The monoisotopic (exact) mass is 268 g/mol. The van der Waals surface area contributed by atoms with E-state index in [1.807, 2.05) is 0 Å². The van der Waals surface area contributed by atoms with Crippen LogP contribution in [0.25, 0.3) is 0 Å². The minimum Gasteiger partial charge on any atom is -0.350 e. The summed E-state index contributed by atoms with van der Waals surface area (Å²) in [5.74, 6) is 0.519. The van der Waals surface area contributed by atoms with Crippen LogP contribution in [0.1, 0.15) is 5.56 Å². The number of carbonyl (C=O) groups excluding carboxylic acids is 2. The second kappa shape index (κ2) is 5.86. The van der Waals surface area contributed by atoms with Gasteiger partial charge in [-0.2, -0.15) is 0 Å². The van der Waals surface area contributed by atoms with Crippen LogP contribution < -0.4 is 5.32 Å². The summed E-state index contributed by atoms with van der Waals surface area (Å²) in [6.07, 6.45) is 0. The maximum absolute atomic E-state index is 12.7. The van der Waals surface area contributed by atoms with Crippen LogP contribution in [0.2, 0.25) is 0 Å². The summed E-state index contributed by atoms with van der Waals surface area (Å²) in [4.78, 5) is 24.4. The molecule has 0 atom stereocenters. The highest BCUT2D eigenvalue weighted by Gasteiger charge is 2.22. The predicted molar refractivity (Wildman–Crippen MR) is 67.3 cm³/mol. The zero-order chi connectivity index (χ0) is 13.0. The maximum Gasteiger partial charge on any atom is 0.239 e. The molecule has 1 aliphatic heterocycles. The van der Waals surface area contributed by atoms with Gasteiger partial charge < -0.3 is 10.2 Å². The van der Waals surface area contributed by atoms with Crippen molar-refractivity contribution in [1.29, 1.82) is 0 Å². The predicted octanol–water partition coefficient (Wildman–Crippen LogP) is 0.975. The van der Waals surface area contributed by atoms with Gasteiger partial charge in [0.2, 0.25) is 11.8 Å². The normalized spacial score (nSPS) is 14.9. The number of amides is 2. The zero-order valence-corrected chi connectivity index (χ0v) is 10.5. The quantitative estimate of drug-likeness (QED) is 0.885. The van der Waals surface area contributed by atoms with Crippen LogP contribution in [-0.2, 0) is 16.1 Å². The van der Waals surface area contributed by atoms with Gasteiger partial charge in [0.1, 0.15) is 12.4 Å². The molecular formula is C12H13FN2O2S. The molecule has 1 heterocycles. The van der Waals surface area contributed by atoms with Crippen LogP contribution in [0.15, 0.2) is 24.3 Å². The molecule has 2 amide bonds. The molecule has 2 rings (SSSR count). The number of thioether (sulfide) groups is 1. The van der Waals surface area contributed by atoms with Gasteiger partial charge in [-0.05, 0) is 17.7 Å². The van der Waals surface area contributed by atoms with Crippen molar-refractivity contribution in [3.05, 3.63) is 35.6 Å². The molecule has 4 nitrogen and oxygen atoms in total. The molecule has 1 saturated heterocycles. The first-order chi connectivity index (χ1) is 8.65. The first-order valence-electron chi connectivity index (χ1n) is 5.52. The minimum atomic E-state index is -0.301. The summed E-state index contributed by atoms with van der Waals surface area (Å²) in [5.41, 5.74) is 0.826. The molecule has 1 aromatic rings. The van der Waals surface area contributed by atoms with Crippen molar-refractivity contribution in [3.63, 3.8) is 0 Å². The Morgan fingerprint density at radius 2 is 2.11 bits per heavy atom. The molecule has 0 aliphatic carbocycles. The van der Waals surface area contributed by atoms with E-state index >= 15 is 0 Å². The third kappa shape index (κ3) is 3.46. The van der Waals surface area contributed by atoms with Crippen LogP contribution in [0.5, 0.6) is 0 Å². The van der Waals surface area contributed by atoms with Gasteiger partial charge in [0.25, 0.3) is 0 Å². The molecule has 6 heteroatoms. The Balaban J connectivity index is 1.78. The molecule has 1 aromatic carbocycles. The topological polar surface area (TPSA) is 49.4 Å². The van der Waals surface area contributed by atoms with Crippen LogP contribution in [0, 0.1) is 5.82 Å². The molecule has 0 aromatic heterocycles. The number of nitrogens with one attached hydrogen (secondary N) is 1. The van der Waals surface area contributed by atoms with Gasteiger partial charge in [0.05, 0.1) is 11.6 Å². The van der Waals surface area contributed by atoms with Crippen molar-refractivity contribution >= 4 is 23.6 Å². The van der Waals surface area contributed by atoms with Gasteiger partial charge in [-0.15, -0.1) is 11.8 Å². The summed E-state index contributed by atoms with van der Waals surface area (Å²) >= 11 is 1.50. The fraction of sp³-hybridized carbons (Fsp3) is 0.333. The van der Waals surface area contributed by atoms with E-state index in [2.05, 4.69) is 5.32 Å². The highest BCUT2D eigenvalue weighted by atomic mass is 32.2. The van der Waals surface area contributed by atoms with Gasteiger partial charge in [-0.25, -0.2) is 4.39 Å². The summed E-state index contributed by atoms with van der Waals surface area (Å²) < 4.78 is 12.7. The third-order valence-corrected chi connectivity index (χ3v) is 3.51. The fourth-order valence-electron chi connectivity index (χ4n) is 1.57. The van der Waals surface area contributed by atoms with Crippen molar-refractivity contribution in [2.24, 2.45) is 0 Å². The number of carbonyl (C=O) groups is 2. The average molecular weight is 268 g/mol. The lowest BCUT2D eigenvalue weighted by molar-refractivity contribution is -0.132. The molecule has 0 saturated carbocycles. The molecule has 0 bridgehead atoms. The summed E-state index contributed by atoms with van der Waals surface area (Å²) in [7, 11) is 0. The SMILES string of the molecule is O=C(CN1CSCC1=O)NCc1ccc(F)cc1. The second-order valence-electron chi connectivity index (χ2n) is 3.97. The van der Waals surface area contributed by atoms with Gasteiger partial charge in [0, 0.05) is 6.54 Å². The van der Waals surface area contributed by atoms with Crippen LogP contribution in [0.3, 0.4) is 0 Å². The summed E-state index contributed by atoms with van der Waals surface area (Å²) in [6.45, 7) is 0.432. The van der Waals surface area contributed by atoms with Crippen molar-refractivity contribution in [2.45, 2.75) is 6.54 Å². The Labute approximate surface area is 109 Å². The van der Waals surface area contributed by atoms with Crippen molar-refractivity contribution in [2.75, 3.05) is 18.2 Å². The zero-order valence-electron chi connectivity index (χ0n) is 9.69. The van der Waals surface area contributed by atoms with E-state index in [1.54, 1.807) is 12.1 Å². The molecule has 96 valence electrons. The molecule has 18 heavy (non-hydrogen) atoms. The maximum atomic E-state index is 12.7. The lowest BCUT2D eigenvalue weighted by Gasteiger charge is -2.14. The average Bonchev–Trinajstić information content (AvgIpc) is 2.74. The van der Waals surface area contributed by atoms with E-state index in [4.69, 9.17) is 0 Å². The van der Waals surface area contributed by atoms with E-state index in [9.17, 15) is 14.0 Å². The minimum absolute atomic E-state index is 0.00284. The Morgan fingerprint density at radius 1 is 1.39 bits per heavy atom. The van der Waals surface area contributed by atoms with Crippen molar-refractivity contribution in [3.8, 4) is 0 Å². The van der Waals surface area contributed by atoms with Gasteiger partial charge in [-0.1, -0.05) is 12.1 Å². The molecule has 0 radical (unpaired) electrons. The number of nitrogens with zero attached hydrogens (tertiary/aromatic N) is 1. The van der Waals surface area contributed by atoms with Crippen molar-refractivity contribution < 1.29 is 14.0 Å². The lowest BCUT2D eigenvalue weighted by Crippen LogP contribution is -2.37. The van der Waals surface area contributed by atoms with E-state index in [1.165, 1.54) is 28.8 Å². The second-order valence-corrected chi connectivity index (χ2v) is 4.93. The highest BCUT2D eigenvalue weighted by Crippen LogP contribution is 2.13. The first-order valence-corrected chi connectivity index (χ1v) is 6.67. The van der Waals surface area contributed by atoms with Gasteiger partial charge >= 0.3 is 0 Å². The van der Waals surface area contributed by atoms with Gasteiger partial charge in [0.15, 0.2) is 0 Å². The molecule has 0 unspecified atom stereocenters.